The monoisotopic (exact) mass is 549 g/mol. The summed E-state index contributed by atoms with van der Waals surface area (Å²) in [5.74, 6) is 0.570. The third-order valence-corrected chi connectivity index (χ3v) is 7.08. The molecule has 0 spiro atoms. The van der Waals surface area contributed by atoms with Gasteiger partial charge >= 0.3 is 5.97 Å². The van der Waals surface area contributed by atoms with Gasteiger partial charge in [0.1, 0.15) is 11.5 Å². The number of carboxylic acid groups (broad SMARTS) is 1. The molecule has 8 heteroatoms. The van der Waals surface area contributed by atoms with E-state index < -0.39 is 12.1 Å². The molecule has 0 bridgehead atoms. The number of benzene rings is 4. The minimum absolute atomic E-state index is 0.167. The van der Waals surface area contributed by atoms with Gasteiger partial charge in [-0.1, -0.05) is 56.3 Å². The molecule has 1 heterocycles. The highest BCUT2D eigenvalue weighted by Gasteiger charge is 2.20. The van der Waals surface area contributed by atoms with Gasteiger partial charge in [0, 0.05) is 11.1 Å². The molecule has 0 radical (unpaired) electrons. The summed E-state index contributed by atoms with van der Waals surface area (Å²) in [5.41, 5.74) is 3.40. The van der Waals surface area contributed by atoms with Gasteiger partial charge < -0.3 is 14.6 Å². The van der Waals surface area contributed by atoms with Gasteiger partial charge in [0.05, 0.1) is 24.2 Å². The smallest absolute Gasteiger partial charge is 0.344 e. The second kappa shape index (κ2) is 11.3. The fourth-order valence-electron chi connectivity index (χ4n) is 4.84. The van der Waals surface area contributed by atoms with Crippen molar-refractivity contribution in [1.82, 2.24) is 9.66 Å². The highest BCUT2D eigenvalue weighted by Crippen LogP contribution is 2.34. The lowest BCUT2D eigenvalue weighted by atomic mass is 9.96. The molecule has 4 aromatic carbocycles. The molecule has 0 saturated heterocycles. The largest absolute Gasteiger partial charge is 0.496 e. The summed E-state index contributed by atoms with van der Waals surface area (Å²) in [7, 11) is 1.64. The molecule has 0 saturated carbocycles. The van der Waals surface area contributed by atoms with Crippen molar-refractivity contribution >= 4 is 33.9 Å². The van der Waals surface area contributed by atoms with E-state index in [0.717, 1.165) is 33.2 Å². The molecule has 8 nitrogen and oxygen atoms in total. The van der Waals surface area contributed by atoms with Crippen molar-refractivity contribution in [1.29, 1.82) is 0 Å². The molecular weight excluding hydrogens is 518 g/mol. The van der Waals surface area contributed by atoms with E-state index in [-0.39, 0.29) is 11.5 Å². The Morgan fingerprint density at radius 3 is 2.39 bits per heavy atom. The molecule has 0 amide bonds. The van der Waals surface area contributed by atoms with Gasteiger partial charge in [0.25, 0.3) is 5.56 Å². The molecule has 1 aromatic heterocycles. The van der Waals surface area contributed by atoms with Crippen LogP contribution in [-0.4, -0.2) is 40.2 Å². The predicted molar refractivity (Wildman–Crippen MR) is 161 cm³/mol. The first-order valence-corrected chi connectivity index (χ1v) is 13.4. The number of aliphatic carboxylic acids is 1. The Hall–Kier alpha value is -4.98. The first-order valence-electron chi connectivity index (χ1n) is 13.4. The second-order valence-electron chi connectivity index (χ2n) is 10.2. The number of nitrogens with zero attached hydrogens (tertiary/aromatic N) is 3. The number of hydrogen-bond donors (Lipinski definition) is 1. The van der Waals surface area contributed by atoms with Gasteiger partial charge in [0.15, 0.2) is 11.9 Å². The van der Waals surface area contributed by atoms with Gasteiger partial charge in [-0.2, -0.15) is 9.78 Å². The van der Waals surface area contributed by atoms with Crippen LogP contribution in [0.1, 0.15) is 43.4 Å². The van der Waals surface area contributed by atoms with Gasteiger partial charge in [-0.05, 0) is 72.0 Å². The van der Waals surface area contributed by atoms with Gasteiger partial charge in [-0.25, -0.2) is 9.78 Å². The topological polar surface area (TPSA) is 103 Å². The average Bonchev–Trinajstić information content (AvgIpc) is 2.96. The van der Waals surface area contributed by atoms with E-state index in [1.807, 2.05) is 55.5 Å². The maximum absolute atomic E-state index is 13.9. The number of methoxy groups -OCH3 is 1. The van der Waals surface area contributed by atoms with Crippen molar-refractivity contribution in [2.45, 2.75) is 39.7 Å². The molecule has 0 aliphatic rings. The fraction of sp³-hybridized carbons (Fsp3) is 0.212. The Kier molecular flexibility index (Phi) is 7.57. The Balaban J connectivity index is 1.77. The Labute approximate surface area is 237 Å². The number of fused-ring (bicyclic) bond motifs is 2. The van der Waals surface area contributed by atoms with Crippen LogP contribution in [0.15, 0.2) is 82.7 Å². The summed E-state index contributed by atoms with van der Waals surface area (Å²) in [4.78, 5) is 30.3. The zero-order valence-electron chi connectivity index (χ0n) is 23.6. The lowest BCUT2D eigenvalue weighted by Crippen LogP contribution is -2.23. The van der Waals surface area contributed by atoms with Gasteiger partial charge in [-0.3, -0.25) is 4.79 Å². The molecular formula is C33H31N3O5. The zero-order chi connectivity index (χ0) is 29.3. The standard InChI is InChI=1S/C33H31N3O5/c1-19(2)25-17-26(20(3)16-30(25)40-5)31-35-28-13-9-8-12-24(28)32(37)36(31)34-18-27-23-11-7-6-10-22(23)14-15-29(27)41-21(4)33(38)39/h6-19,21H,1-5H3,(H,38,39)/t21-/m0/s1. The van der Waals surface area contributed by atoms with E-state index in [0.29, 0.717) is 28.0 Å². The molecule has 41 heavy (non-hydrogen) atoms. The van der Waals surface area contributed by atoms with Crippen molar-refractivity contribution in [3.8, 4) is 22.9 Å². The number of para-hydroxylation sites is 1. The maximum Gasteiger partial charge on any atom is 0.344 e. The Morgan fingerprint density at radius 2 is 1.68 bits per heavy atom. The summed E-state index contributed by atoms with van der Waals surface area (Å²) < 4.78 is 12.7. The van der Waals surface area contributed by atoms with E-state index in [9.17, 15) is 14.7 Å². The van der Waals surface area contributed by atoms with Crippen molar-refractivity contribution in [2.75, 3.05) is 7.11 Å². The van der Waals surface area contributed by atoms with Gasteiger partial charge in [-0.15, -0.1) is 0 Å². The summed E-state index contributed by atoms with van der Waals surface area (Å²) in [6.45, 7) is 7.57. The number of hydrogen-bond acceptors (Lipinski definition) is 6. The second-order valence-corrected chi connectivity index (χ2v) is 10.2. The van der Waals surface area contributed by atoms with Crippen molar-refractivity contribution in [2.24, 2.45) is 5.10 Å². The molecule has 1 N–H and O–H groups in total. The van der Waals surface area contributed by atoms with Crippen LogP contribution in [0.4, 0.5) is 0 Å². The Morgan fingerprint density at radius 1 is 0.976 bits per heavy atom. The van der Waals surface area contributed by atoms with Crippen LogP contribution < -0.4 is 15.0 Å². The van der Waals surface area contributed by atoms with E-state index in [4.69, 9.17) is 14.5 Å². The van der Waals surface area contributed by atoms with E-state index in [1.54, 1.807) is 31.4 Å². The van der Waals surface area contributed by atoms with E-state index in [2.05, 4.69) is 18.9 Å². The quantitative estimate of drug-likeness (QED) is 0.225. The van der Waals surface area contributed by atoms with Crippen molar-refractivity contribution < 1.29 is 19.4 Å². The Bertz CT molecular complexity index is 1870. The molecule has 0 aliphatic heterocycles. The first-order chi connectivity index (χ1) is 19.7. The lowest BCUT2D eigenvalue weighted by molar-refractivity contribution is -0.144. The molecule has 0 aliphatic carbocycles. The number of carboxylic acids is 1. The van der Waals surface area contributed by atoms with Crippen LogP contribution in [0.2, 0.25) is 0 Å². The predicted octanol–water partition coefficient (Wildman–Crippen LogP) is 6.39. The number of ether oxygens (including phenoxy) is 2. The van der Waals surface area contributed by atoms with Gasteiger partial charge in [0.2, 0.25) is 0 Å². The first kappa shape index (κ1) is 27.6. The minimum atomic E-state index is -1.09. The third-order valence-electron chi connectivity index (χ3n) is 7.08. The van der Waals surface area contributed by atoms with Crippen molar-refractivity contribution in [3.05, 3.63) is 99.8 Å². The summed E-state index contributed by atoms with van der Waals surface area (Å²) in [6.07, 6.45) is 0.454. The zero-order valence-corrected chi connectivity index (χ0v) is 23.6. The molecule has 1 atom stereocenters. The van der Waals surface area contributed by atoms with Crippen LogP contribution in [0.5, 0.6) is 11.5 Å². The fourth-order valence-corrected chi connectivity index (χ4v) is 4.84. The van der Waals surface area contributed by atoms with Crippen LogP contribution in [-0.2, 0) is 4.79 Å². The van der Waals surface area contributed by atoms with E-state index >= 15 is 0 Å². The molecule has 0 fully saturated rings. The van der Waals surface area contributed by atoms with Crippen LogP contribution in [0.25, 0.3) is 33.1 Å². The number of aryl methyl sites for hydroxylation is 1. The van der Waals surface area contributed by atoms with E-state index in [1.165, 1.54) is 17.8 Å². The molecule has 5 rings (SSSR count). The SMILES string of the molecule is COc1cc(C)c(-c2nc3ccccc3c(=O)n2N=Cc2c(O[C@@H](C)C(=O)O)ccc3ccccc23)cc1C(C)C. The summed E-state index contributed by atoms with van der Waals surface area (Å²) in [6, 6.07) is 22.3. The molecule has 208 valence electrons. The lowest BCUT2D eigenvalue weighted by Gasteiger charge is -2.18. The van der Waals surface area contributed by atoms with Crippen LogP contribution in [0.3, 0.4) is 0 Å². The molecule has 5 aromatic rings. The summed E-state index contributed by atoms with van der Waals surface area (Å²) >= 11 is 0. The van der Waals surface area contributed by atoms with Crippen LogP contribution in [0, 0.1) is 6.92 Å². The van der Waals surface area contributed by atoms with Crippen molar-refractivity contribution in [3.63, 3.8) is 0 Å². The highest BCUT2D eigenvalue weighted by molar-refractivity contribution is 6.02. The minimum Gasteiger partial charge on any atom is -0.496 e. The number of rotatable bonds is 8. The average molecular weight is 550 g/mol. The number of aromatic nitrogens is 2. The summed E-state index contributed by atoms with van der Waals surface area (Å²) in [5, 5.41) is 16.3. The maximum atomic E-state index is 13.9. The third kappa shape index (κ3) is 5.28. The number of carbonyl (C=O) groups is 1. The van der Waals surface area contributed by atoms with Crippen LogP contribution >= 0.6 is 0 Å². The highest BCUT2D eigenvalue weighted by atomic mass is 16.5. The molecule has 0 unspecified atom stereocenters. The normalized spacial score (nSPS) is 12.3.